The van der Waals surface area contributed by atoms with E-state index in [4.69, 9.17) is 0 Å². The average Bonchev–Trinajstić information content (AvgIpc) is 2.42. The Morgan fingerprint density at radius 3 is 2.55 bits per heavy atom. The second kappa shape index (κ2) is 6.01. The number of nitrogens with one attached hydrogen (secondary N) is 2. The molecular weight excluding hydrogens is 259 g/mol. The molecule has 104 valence electrons. The standard InChI is InChI=1S/C14H15FN4O/c1-19(2)11-8-12(13(15)16-9-11)18-14(20)17-10-6-4-3-5-7-10/h3-9H,1-2H3,(H2,17,18,20). The van der Waals surface area contributed by atoms with Crippen molar-refractivity contribution in [1.82, 2.24) is 4.98 Å². The Balaban J connectivity index is 2.09. The topological polar surface area (TPSA) is 57.3 Å². The molecule has 0 radical (unpaired) electrons. The van der Waals surface area contributed by atoms with Gasteiger partial charge in [0, 0.05) is 19.8 Å². The van der Waals surface area contributed by atoms with Gasteiger partial charge in [0.05, 0.1) is 11.9 Å². The molecule has 0 fully saturated rings. The van der Waals surface area contributed by atoms with Gasteiger partial charge in [0.2, 0.25) is 5.95 Å². The van der Waals surface area contributed by atoms with Crippen LogP contribution >= 0.6 is 0 Å². The van der Waals surface area contributed by atoms with E-state index >= 15 is 0 Å². The van der Waals surface area contributed by atoms with Crippen molar-refractivity contribution in [3.05, 3.63) is 48.5 Å². The van der Waals surface area contributed by atoms with E-state index in [0.717, 1.165) is 0 Å². The quantitative estimate of drug-likeness (QED) is 0.846. The van der Waals surface area contributed by atoms with Crippen molar-refractivity contribution >= 4 is 23.1 Å². The van der Waals surface area contributed by atoms with Crippen LogP contribution in [0.5, 0.6) is 0 Å². The predicted octanol–water partition coefficient (Wildman–Crippen LogP) is 2.93. The highest BCUT2D eigenvalue weighted by Crippen LogP contribution is 2.19. The maximum absolute atomic E-state index is 13.6. The van der Waals surface area contributed by atoms with Crippen LogP contribution in [0.2, 0.25) is 0 Å². The largest absolute Gasteiger partial charge is 0.376 e. The number of halogens is 1. The molecule has 0 atom stereocenters. The van der Waals surface area contributed by atoms with Gasteiger partial charge < -0.3 is 15.5 Å². The fraction of sp³-hybridized carbons (Fsp3) is 0.143. The normalized spacial score (nSPS) is 9.95. The molecular formula is C14H15FN4O. The Morgan fingerprint density at radius 2 is 1.90 bits per heavy atom. The predicted molar refractivity (Wildman–Crippen MR) is 77.6 cm³/mol. The molecule has 2 rings (SSSR count). The SMILES string of the molecule is CN(C)c1cnc(F)c(NC(=O)Nc2ccccc2)c1. The lowest BCUT2D eigenvalue weighted by Gasteiger charge is -2.14. The van der Waals surface area contributed by atoms with Gasteiger partial charge in [-0.15, -0.1) is 0 Å². The summed E-state index contributed by atoms with van der Waals surface area (Å²) >= 11 is 0. The Bertz CT molecular complexity index is 601. The number of pyridine rings is 1. The minimum Gasteiger partial charge on any atom is -0.376 e. The van der Waals surface area contributed by atoms with Crippen LogP contribution in [0.3, 0.4) is 0 Å². The van der Waals surface area contributed by atoms with E-state index in [1.54, 1.807) is 29.2 Å². The van der Waals surface area contributed by atoms with E-state index in [0.29, 0.717) is 11.4 Å². The summed E-state index contributed by atoms with van der Waals surface area (Å²) in [5, 5.41) is 5.05. The van der Waals surface area contributed by atoms with E-state index in [1.807, 2.05) is 20.2 Å². The van der Waals surface area contributed by atoms with E-state index < -0.39 is 12.0 Å². The molecule has 0 aliphatic rings. The lowest BCUT2D eigenvalue weighted by molar-refractivity contribution is 0.262. The number of para-hydroxylation sites is 1. The van der Waals surface area contributed by atoms with Gasteiger partial charge in [-0.1, -0.05) is 18.2 Å². The fourth-order valence-corrected chi connectivity index (χ4v) is 1.58. The molecule has 20 heavy (non-hydrogen) atoms. The van der Waals surface area contributed by atoms with Crippen LogP contribution in [0, 0.1) is 5.95 Å². The van der Waals surface area contributed by atoms with Crippen LogP contribution in [0.4, 0.5) is 26.2 Å². The fourth-order valence-electron chi connectivity index (χ4n) is 1.58. The Morgan fingerprint density at radius 1 is 1.20 bits per heavy atom. The molecule has 1 aromatic heterocycles. The third kappa shape index (κ3) is 3.44. The van der Waals surface area contributed by atoms with Crippen molar-refractivity contribution in [2.45, 2.75) is 0 Å². The third-order valence-corrected chi connectivity index (χ3v) is 2.62. The smallest absolute Gasteiger partial charge is 0.323 e. The van der Waals surface area contributed by atoms with Crippen molar-refractivity contribution < 1.29 is 9.18 Å². The molecule has 0 saturated heterocycles. The molecule has 2 N–H and O–H groups in total. The zero-order chi connectivity index (χ0) is 14.5. The van der Waals surface area contributed by atoms with E-state index in [-0.39, 0.29) is 5.69 Å². The summed E-state index contributed by atoms with van der Waals surface area (Å²) < 4.78 is 13.6. The van der Waals surface area contributed by atoms with Crippen molar-refractivity contribution in [1.29, 1.82) is 0 Å². The molecule has 2 amide bonds. The number of benzene rings is 1. The summed E-state index contributed by atoms with van der Waals surface area (Å²) in [6, 6.07) is 9.91. The molecule has 6 heteroatoms. The number of hydrogen-bond donors (Lipinski definition) is 2. The molecule has 1 heterocycles. The second-order valence-electron chi connectivity index (χ2n) is 4.37. The minimum atomic E-state index is -0.723. The number of aromatic nitrogens is 1. The summed E-state index contributed by atoms with van der Waals surface area (Å²) in [6.07, 6.45) is 1.40. The van der Waals surface area contributed by atoms with Crippen molar-refractivity contribution in [3.8, 4) is 0 Å². The van der Waals surface area contributed by atoms with Gasteiger partial charge in [-0.25, -0.2) is 9.78 Å². The highest BCUT2D eigenvalue weighted by molar-refractivity contribution is 5.99. The summed E-state index contributed by atoms with van der Waals surface area (Å²) in [6.45, 7) is 0. The zero-order valence-corrected chi connectivity index (χ0v) is 11.2. The lowest BCUT2D eigenvalue weighted by atomic mass is 10.3. The first-order valence-electron chi connectivity index (χ1n) is 6.02. The Labute approximate surface area is 116 Å². The first-order chi connectivity index (χ1) is 9.56. The first kappa shape index (κ1) is 13.8. The maximum atomic E-state index is 13.6. The van der Waals surface area contributed by atoms with Gasteiger partial charge >= 0.3 is 6.03 Å². The van der Waals surface area contributed by atoms with Crippen LogP contribution in [-0.2, 0) is 0 Å². The van der Waals surface area contributed by atoms with Gasteiger partial charge in [0.25, 0.3) is 0 Å². The Kier molecular flexibility index (Phi) is 4.14. The van der Waals surface area contributed by atoms with E-state index in [9.17, 15) is 9.18 Å². The summed E-state index contributed by atoms with van der Waals surface area (Å²) in [5.74, 6) is -0.723. The van der Waals surface area contributed by atoms with Crippen molar-refractivity contribution in [2.24, 2.45) is 0 Å². The molecule has 1 aromatic carbocycles. The van der Waals surface area contributed by atoms with Crippen LogP contribution in [0.25, 0.3) is 0 Å². The summed E-state index contributed by atoms with van der Waals surface area (Å²) in [7, 11) is 3.62. The first-order valence-corrected chi connectivity index (χ1v) is 6.02. The van der Waals surface area contributed by atoms with Crippen molar-refractivity contribution in [3.63, 3.8) is 0 Å². The number of amides is 2. The number of anilines is 3. The molecule has 0 spiro atoms. The van der Waals surface area contributed by atoms with Crippen molar-refractivity contribution in [2.75, 3.05) is 29.6 Å². The highest BCUT2D eigenvalue weighted by atomic mass is 19.1. The number of carbonyl (C=O) groups is 1. The molecule has 0 unspecified atom stereocenters. The molecule has 2 aromatic rings. The van der Waals surface area contributed by atoms with E-state index in [1.165, 1.54) is 12.3 Å². The molecule has 0 saturated carbocycles. The monoisotopic (exact) mass is 274 g/mol. The number of carbonyl (C=O) groups excluding carboxylic acids is 1. The van der Waals surface area contributed by atoms with Gasteiger partial charge in [0.15, 0.2) is 0 Å². The number of nitrogens with zero attached hydrogens (tertiary/aromatic N) is 2. The average molecular weight is 274 g/mol. The summed E-state index contributed by atoms with van der Waals surface area (Å²) in [4.78, 5) is 17.2. The Hall–Kier alpha value is -2.63. The number of urea groups is 1. The zero-order valence-electron chi connectivity index (χ0n) is 11.2. The minimum absolute atomic E-state index is 0.0321. The molecule has 0 aliphatic carbocycles. The highest BCUT2D eigenvalue weighted by Gasteiger charge is 2.10. The van der Waals surface area contributed by atoms with Crippen LogP contribution < -0.4 is 15.5 Å². The lowest BCUT2D eigenvalue weighted by Crippen LogP contribution is -2.21. The molecule has 0 aliphatic heterocycles. The molecule has 5 nitrogen and oxygen atoms in total. The molecule has 0 bridgehead atoms. The van der Waals surface area contributed by atoms with Crippen LogP contribution in [-0.4, -0.2) is 25.1 Å². The van der Waals surface area contributed by atoms with Gasteiger partial charge in [-0.3, -0.25) is 0 Å². The van der Waals surface area contributed by atoms with Crippen LogP contribution in [0.15, 0.2) is 42.6 Å². The second-order valence-corrected chi connectivity index (χ2v) is 4.37. The van der Waals surface area contributed by atoms with Gasteiger partial charge in [-0.05, 0) is 18.2 Å². The van der Waals surface area contributed by atoms with E-state index in [2.05, 4.69) is 15.6 Å². The summed E-state index contributed by atoms with van der Waals surface area (Å²) in [5.41, 5.74) is 1.35. The number of hydrogen-bond acceptors (Lipinski definition) is 3. The third-order valence-electron chi connectivity index (χ3n) is 2.62. The van der Waals surface area contributed by atoms with Crippen LogP contribution in [0.1, 0.15) is 0 Å². The van der Waals surface area contributed by atoms with Gasteiger partial charge in [-0.2, -0.15) is 4.39 Å². The van der Waals surface area contributed by atoms with Gasteiger partial charge in [0.1, 0.15) is 5.69 Å². The maximum Gasteiger partial charge on any atom is 0.323 e. The number of rotatable bonds is 3.